The molecule has 0 saturated heterocycles. The highest BCUT2D eigenvalue weighted by Crippen LogP contribution is 2.22. The Labute approximate surface area is 104 Å². The van der Waals surface area contributed by atoms with E-state index in [1.165, 1.54) is 12.1 Å². The number of hydrogen-bond acceptors (Lipinski definition) is 4. The number of hydrogen-bond donors (Lipinski definition) is 4. The summed E-state index contributed by atoms with van der Waals surface area (Å²) in [5.74, 6) is -2.38. The number of carboxylic acid groups (broad SMARTS) is 1. The van der Waals surface area contributed by atoms with E-state index >= 15 is 0 Å². The van der Waals surface area contributed by atoms with Crippen molar-refractivity contribution in [2.24, 2.45) is 0 Å². The zero-order valence-corrected chi connectivity index (χ0v) is 9.88. The number of rotatable bonds is 5. The standard InChI is InChI=1S/C12H15NO5/c1-2-3-9(12(17)18)13-11(16)8-5-4-7(14)6-10(8)15/h4-6,9,14-15H,2-3H2,1H3,(H,13,16)(H,17,18)/t9-/m0/s1. The van der Waals surface area contributed by atoms with Crippen LogP contribution in [0.3, 0.4) is 0 Å². The molecule has 0 saturated carbocycles. The van der Waals surface area contributed by atoms with Crippen molar-refractivity contribution < 1.29 is 24.9 Å². The molecule has 1 aromatic rings. The molecule has 1 rings (SSSR count). The molecule has 0 aliphatic heterocycles. The third-order valence-electron chi connectivity index (χ3n) is 2.41. The van der Waals surface area contributed by atoms with E-state index in [9.17, 15) is 14.7 Å². The highest BCUT2D eigenvalue weighted by Gasteiger charge is 2.21. The van der Waals surface area contributed by atoms with Gasteiger partial charge in [-0.25, -0.2) is 4.79 Å². The van der Waals surface area contributed by atoms with Gasteiger partial charge in [0.05, 0.1) is 5.56 Å². The predicted octanol–water partition coefficient (Wildman–Crippen LogP) is 1.08. The second-order valence-electron chi connectivity index (χ2n) is 3.85. The van der Waals surface area contributed by atoms with Crippen LogP contribution in [-0.4, -0.2) is 33.2 Å². The Hall–Kier alpha value is -2.24. The molecule has 0 aliphatic rings. The Bertz CT molecular complexity index is 458. The number of carbonyl (C=O) groups is 2. The molecule has 1 amide bonds. The fourth-order valence-electron chi connectivity index (χ4n) is 1.49. The molecule has 6 heteroatoms. The van der Waals surface area contributed by atoms with Gasteiger partial charge in [-0.3, -0.25) is 4.79 Å². The Morgan fingerprint density at radius 3 is 2.50 bits per heavy atom. The third-order valence-corrected chi connectivity index (χ3v) is 2.41. The lowest BCUT2D eigenvalue weighted by molar-refractivity contribution is -0.139. The van der Waals surface area contributed by atoms with Crippen LogP contribution in [0.4, 0.5) is 0 Å². The Balaban J connectivity index is 2.83. The summed E-state index contributed by atoms with van der Waals surface area (Å²) >= 11 is 0. The van der Waals surface area contributed by atoms with Crippen molar-refractivity contribution in [1.29, 1.82) is 0 Å². The number of phenolic OH excluding ortho intramolecular Hbond substituents is 2. The molecule has 98 valence electrons. The smallest absolute Gasteiger partial charge is 0.326 e. The summed E-state index contributed by atoms with van der Waals surface area (Å²) in [4.78, 5) is 22.6. The van der Waals surface area contributed by atoms with Gasteiger partial charge in [-0.1, -0.05) is 13.3 Å². The minimum absolute atomic E-state index is 0.0739. The molecular weight excluding hydrogens is 238 g/mol. The lowest BCUT2D eigenvalue weighted by Gasteiger charge is -2.14. The number of benzene rings is 1. The normalized spacial score (nSPS) is 11.8. The average molecular weight is 253 g/mol. The van der Waals surface area contributed by atoms with Crippen LogP contribution in [0.1, 0.15) is 30.1 Å². The van der Waals surface area contributed by atoms with Crippen LogP contribution in [0.5, 0.6) is 11.5 Å². The number of carbonyl (C=O) groups excluding carboxylic acids is 1. The maximum Gasteiger partial charge on any atom is 0.326 e. The molecule has 0 aliphatic carbocycles. The van der Waals surface area contributed by atoms with Gasteiger partial charge >= 0.3 is 5.97 Å². The fourth-order valence-corrected chi connectivity index (χ4v) is 1.49. The van der Waals surface area contributed by atoms with Crippen LogP contribution in [0.15, 0.2) is 18.2 Å². The predicted molar refractivity (Wildman–Crippen MR) is 63.6 cm³/mol. The maximum atomic E-state index is 11.8. The molecule has 0 radical (unpaired) electrons. The van der Waals surface area contributed by atoms with Crippen LogP contribution >= 0.6 is 0 Å². The first-order chi connectivity index (χ1) is 8.45. The summed E-state index contributed by atoms with van der Waals surface area (Å²) in [5, 5.41) is 29.8. The molecule has 1 atom stereocenters. The third kappa shape index (κ3) is 3.38. The van der Waals surface area contributed by atoms with Crippen molar-refractivity contribution in [1.82, 2.24) is 5.32 Å². The second-order valence-corrected chi connectivity index (χ2v) is 3.85. The molecule has 0 heterocycles. The number of carboxylic acids is 1. The first-order valence-electron chi connectivity index (χ1n) is 5.51. The minimum atomic E-state index is -1.12. The highest BCUT2D eigenvalue weighted by molar-refractivity contribution is 5.98. The van der Waals surface area contributed by atoms with Crippen molar-refractivity contribution in [3.05, 3.63) is 23.8 Å². The summed E-state index contributed by atoms with van der Waals surface area (Å²) < 4.78 is 0. The summed E-state index contributed by atoms with van der Waals surface area (Å²) in [6, 6.07) is 2.50. The van der Waals surface area contributed by atoms with Gasteiger partial charge in [0.25, 0.3) is 5.91 Å². The van der Waals surface area contributed by atoms with Gasteiger partial charge in [-0.15, -0.1) is 0 Å². The lowest BCUT2D eigenvalue weighted by atomic mass is 10.1. The van der Waals surface area contributed by atoms with Crippen LogP contribution < -0.4 is 5.32 Å². The molecule has 18 heavy (non-hydrogen) atoms. The van der Waals surface area contributed by atoms with Gasteiger partial charge in [0.1, 0.15) is 17.5 Å². The van der Waals surface area contributed by atoms with Crippen LogP contribution in [0.25, 0.3) is 0 Å². The Morgan fingerprint density at radius 1 is 1.33 bits per heavy atom. The minimum Gasteiger partial charge on any atom is -0.508 e. The summed E-state index contributed by atoms with van der Waals surface area (Å²) in [6.45, 7) is 1.81. The van der Waals surface area contributed by atoms with Crippen molar-refractivity contribution in [3.8, 4) is 11.5 Å². The zero-order chi connectivity index (χ0) is 13.7. The first kappa shape index (κ1) is 13.8. The van der Waals surface area contributed by atoms with E-state index in [1.807, 2.05) is 0 Å². The Morgan fingerprint density at radius 2 is 2.00 bits per heavy atom. The quantitative estimate of drug-likeness (QED) is 0.628. The number of aromatic hydroxyl groups is 2. The Kier molecular flexibility index (Phi) is 4.53. The van der Waals surface area contributed by atoms with Gasteiger partial charge in [-0.2, -0.15) is 0 Å². The monoisotopic (exact) mass is 253 g/mol. The first-order valence-corrected chi connectivity index (χ1v) is 5.51. The number of nitrogens with one attached hydrogen (secondary N) is 1. The van der Waals surface area contributed by atoms with Crippen molar-refractivity contribution in [2.75, 3.05) is 0 Å². The number of phenols is 2. The van der Waals surface area contributed by atoms with Crippen molar-refractivity contribution >= 4 is 11.9 Å². The summed E-state index contributed by atoms with van der Waals surface area (Å²) in [7, 11) is 0. The van der Waals surface area contributed by atoms with Crippen molar-refractivity contribution in [3.63, 3.8) is 0 Å². The molecular formula is C12H15NO5. The second kappa shape index (κ2) is 5.90. The van der Waals surface area contributed by atoms with Gasteiger partial charge in [0, 0.05) is 6.07 Å². The SMILES string of the molecule is CCC[C@H](NC(=O)c1ccc(O)cc1O)C(=O)O. The molecule has 4 N–H and O–H groups in total. The van der Waals surface area contributed by atoms with Gasteiger partial charge < -0.3 is 20.6 Å². The molecule has 0 fully saturated rings. The molecule has 0 unspecified atom stereocenters. The fraction of sp³-hybridized carbons (Fsp3) is 0.333. The van der Waals surface area contributed by atoms with E-state index in [2.05, 4.69) is 5.32 Å². The van der Waals surface area contributed by atoms with Crippen LogP contribution in [-0.2, 0) is 4.79 Å². The van der Waals surface area contributed by atoms with Gasteiger partial charge in [0.15, 0.2) is 0 Å². The average Bonchev–Trinajstić information content (AvgIpc) is 2.27. The maximum absolute atomic E-state index is 11.8. The zero-order valence-electron chi connectivity index (χ0n) is 9.88. The molecule has 6 nitrogen and oxygen atoms in total. The van der Waals surface area contributed by atoms with E-state index in [0.717, 1.165) is 6.07 Å². The van der Waals surface area contributed by atoms with E-state index in [4.69, 9.17) is 10.2 Å². The van der Waals surface area contributed by atoms with E-state index < -0.39 is 23.7 Å². The number of amides is 1. The van der Waals surface area contributed by atoms with Gasteiger partial charge in [0.2, 0.25) is 0 Å². The van der Waals surface area contributed by atoms with Crippen LogP contribution in [0.2, 0.25) is 0 Å². The molecule has 0 bridgehead atoms. The molecule has 1 aromatic carbocycles. The van der Waals surface area contributed by atoms with E-state index in [0.29, 0.717) is 12.8 Å². The van der Waals surface area contributed by atoms with E-state index in [1.54, 1.807) is 6.92 Å². The number of aliphatic carboxylic acids is 1. The largest absolute Gasteiger partial charge is 0.508 e. The summed E-state index contributed by atoms with van der Waals surface area (Å²) in [6.07, 6.45) is 0.915. The van der Waals surface area contributed by atoms with Crippen molar-refractivity contribution in [2.45, 2.75) is 25.8 Å². The van der Waals surface area contributed by atoms with Crippen LogP contribution in [0, 0.1) is 0 Å². The van der Waals surface area contributed by atoms with Gasteiger partial charge in [-0.05, 0) is 18.6 Å². The summed E-state index contributed by atoms with van der Waals surface area (Å²) in [5.41, 5.74) is -0.0739. The lowest BCUT2D eigenvalue weighted by Crippen LogP contribution is -2.40. The highest BCUT2D eigenvalue weighted by atomic mass is 16.4. The molecule has 0 spiro atoms. The van der Waals surface area contributed by atoms with E-state index in [-0.39, 0.29) is 11.3 Å². The molecule has 0 aromatic heterocycles. The topological polar surface area (TPSA) is 107 Å².